The molecule has 184 valence electrons. The van der Waals surface area contributed by atoms with Gasteiger partial charge in [-0.3, -0.25) is 15.1 Å². The number of carboxylic acid groups (broad SMARTS) is 1. The topological polar surface area (TPSA) is 108 Å². The normalized spacial score (nSPS) is 21.1. The van der Waals surface area contributed by atoms with Crippen LogP contribution in [0.4, 0.5) is 28.8 Å². The van der Waals surface area contributed by atoms with Crippen LogP contribution in [0.15, 0.2) is 23.8 Å². The van der Waals surface area contributed by atoms with E-state index in [-0.39, 0.29) is 12.2 Å². The molecular formula is C21H24F3N5O4S. The molecule has 2 amide bonds. The highest BCUT2D eigenvalue weighted by Crippen LogP contribution is 2.40. The number of anilines is 2. The first-order valence-corrected chi connectivity index (χ1v) is 11.6. The lowest BCUT2D eigenvalue weighted by atomic mass is 9.88. The molecule has 2 saturated heterocycles. The smallest absolute Gasteiger partial charge is 0.418 e. The van der Waals surface area contributed by atoms with E-state index in [1.165, 1.54) is 16.2 Å². The number of hydrogen-bond donors (Lipinski definition) is 2. The highest BCUT2D eigenvalue weighted by Gasteiger charge is 2.47. The van der Waals surface area contributed by atoms with Gasteiger partial charge in [0.2, 0.25) is 0 Å². The first kappa shape index (κ1) is 24.4. The Hall–Kier alpha value is -2.77. The number of hydrogen-bond acceptors (Lipinski definition) is 7. The number of amides is 2. The van der Waals surface area contributed by atoms with Crippen LogP contribution in [0.25, 0.3) is 0 Å². The number of piperidine rings is 1. The van der Waals surface area contributed by atoms with Gasteiger partial charge in [0.15, 0.2) is 5.13 Å². The predicted octanol–water partition coefficient (Wildman–Crippen LogP) is 3.48. The summed E-state index contributed by atoms with van der Waals surface area (Å²) in [5, 5.41) is 13.1. The highest BCUT2D eigenvalue weighted by atomic mass is 32.1. The number of morpholine rings is 1. The first-order chi connectivity index (χ1) is 16.1. The van der Waals surface area contributed by atoms with Crippen molar-refractivity contribution in [2.75, 3.05) is 36.4 Å². The summed E-state index contributed by atoms with van der Waals surface area (Å²) < 4.78 is 46.7. The van der Waals surface area contributed by atoms with Gasteiger partial charge in [-0.25, -0.2) is 9.78 Å². The molecular weight excluding hydrogens is 475 g/mol. The van der Waals surface area contributed by atoms with Gasteiger partial charge in [0, 0.05) is 37.6 Å². The summed E-state index contributed by atoms with van der Waals surface area (Å²) in [7, 11) is 0. The Balaban J connectivity index is 1.40. The van der Waals surface area contributed by atoms with Crippen LogP contribution >= 0.6 is 11.3 Å². The Kier molecular flexibility index (Phi) is 6.78. The number of carbonyl (C=O) groups excluding carboxylic acids is 1. The van der Waals surface area contributed by atoms with Crippen molar-refractivity contribution < 1.29 is 32.6 Å². The van der Waals surface area contributed by atoms with Gasteiger partial charge in [-0.1, -0.05) is 0 Å². The van der Waals surface area contributed by atoms with E-state index in [1.807, 2.05) is 0 Å². The lowest BCUT2D eigenvalue weighted by molar-refractivity contribution is -0.162. The summed E-state index contributed by atoms with van der Waals surface area (Å²) in [5.41, 5.74) is -1.09. The van der Waals surface area contributed by atoms with Crippen LogP contribution in [0.2, 0.25) is 0 Å². The molecule has 0 radical (unpaired) electrons. The number of aromatic nitrogens is 2. The van der Waals surface area contributed by atoms with Crippen LogP contribution in [-0.2, 0) is 22.1 Å². The van der Waals surface area contributed by atoms with Crippen molar-refractivity contribution in [3.8, 4) is 0 Å². The molecule has 1 atom stereocenters. The fraction of sp³-hybridized carbons (Fsp3) is 0.524. The monoisotopic (exact) mass is 499 g/mol. The first-order valence-electron chi connectivity index (χ1n) is 10.7. The average Bonchev–Trinajstić information content (AvgIpc) is 3.22. The van der Waals surface area contributed by atoms with Crippen LogP contribution in [0.5, 0.6) is 0 Å². The fourth-order valence-electron chi connectivity index (χ4n) is 4.40. The Morgan fingerprint density at radius 3 is 2.79 bits per heavy atom. The number of nitrogens with zero attached hydrogens (tertiary/aromatic N) is 4. The molecule has 0 saturated carbocycles. The second-order valence-corrected chi connectivity index (χ2v) is 9.28. The number of ether oxygens (including phenoxy) is 1. The van der Waals surface area contributed by atoms with Crippen molar-refractivity contribution >= 4 is 34.2 Å². The summed E-state index contributed by atoms with van der Waals surface area (Å²) in [6.45, 7) is 3.61. The molecule has 1 unspecified atom stereocenters. The van der Waals surface area contributed by atoms with E-state index in [0.717, 1.165) is 24.2 Å². The third-order valence-corrected chi connectivity index (χ3v) is 6.91. The van der Waals surface area contributed by atoms with Crippen LogP contribution < -0.4 is 10.2 Å². The number of rotatable bonds is 5. The van der Waals surface area contributed by atoms with Crippen molar-refractivity contribution in [1.29, 1.82) is 0 Å². The molecule has 4 rings (SSSR count). The van der Waals surface area contributed by atoms with Crippen molar-refractivity contribution in [3.63, 3.8) is 0 Å². The zero-order valence-electron chi connectivity index (χ0n) is 18.3. The molecule has 4 heterocycles. The van der Waals surface area contributed by atoms with Crippen LogP contribution in [-0.4, -0.2) is 69.9 Å². The largest absolute Gasteiger partial charge is 0.465 e. The van der Waals surface area contributed by atoms with Gasteiger partial charge in [0.25, 0.3) is 5.91 Å². The number of likely N-dealkylation sites (tertiary alicyclic amines) is 1. The number of halogens is 3. The van der Waals surface area contributed by atoms with Crippen LogP contribution in [0.1, 0.15) is 31.0 Å². The second kappa shape index (κ2) is 9.47. The minimum Gasteiger partial charge on any atom is -0.465 e. The summed E-state index contributed by atoms with van der Waals surface area (Å²) in [4.78, 5) is 34.9. The molecule has 2 N–H and O–H groups in total. The van der Waals surface area contributed by atoms with Gasteiger partial charge in [0.1, 0.15) is 6.10 Å². The summed E-state index contributed by atoms with van der Waals surface area (Å²) >= 11 is 1.22. The number of nitrogens with one attached hydrogen (secondary N) is 1. The minimum atomic E-state index is -4.60. The SMILES string of the molecule is CC1OC2(CCN(CCc3csc(NC(=O)O)n3)CC2)CN(c2cnccc2C(F)(F)F)C1=O. The third kappa shape index (κ3) is 5.31. The maximum atomic E-state index is 13.6. The van der Waals surface area contributed by atoms with E-state index in [9.17, 15) is 22.8 Å². The van der Waals surface area contributed by atoms with E-state index >= 15 is 0 Å². The van der Waals surface area contributed by atoms with Gasteiger partial charge in [-0.2, -0.15) is 13.2 Å². The molecule has 34 heavy (non-hydrogen) atoms. The maximum Gasteiger partial charge on any atom is 0.418 e. The third-order valence-electron chi connectivity index (χ3n) is 6.10. The molecule has 1 spiro atoms. The zero-order chi connectivity index (χ0) is 24.5. The molecule has 0 aliphatic carbocycles. The quantitative estimate of drug-likeness (QED) is 0.649. The van der Waals surface area contributed by atoms with E-state index in [2.05, 4.69) is 20.2 Å². The lowest BCUT2D eigenvalue weighted by Gasteiger charge is -2.49. The number of carbonyl (C=O) groups is 2. The number of alkyl halides is 3. The molecule has 9 nitrogen and oxygen atoms in total. The average molecular weight is 500 g/mol. The van der Waals surface area contributed by atoms with E-state index in [1.54, 1.807) is 12.3 Å². The molecule has 0 aromatic carbocycles. The second-order valence-electron chi connectivity index (χ2n) is 8.42. The van der Waals surface area contributed by atoms with Gasteiger partial charge >= 0.3 is 12.3 Å². The predicted molar refractivity (Wildman–Crippen MR) is 118 cm³/mol. The van der Waals surface area contributed by atoms with Gasteiger partial charge in [0.05, 0.1) is 35.3 Å². The maximum absolute atomic E-state index is 13.6. The lowest BCUT2D eigenvalue weighted by Crippen LogP contribution is -2.62. The standard InChI is InChI=1S/C21H24F3N5O4S/c1-13-17(30)29(16-10-25-6-2-15(16)21(22,23)24)12-20(33-13)4-8-28(9-5-20)7-3-14-11-34-18(26-14)27-19(31)32/h2,6,10-11,13H,3-5,7-9,12H2,1H3,(H,26,27)(H,31,32). The van der Waals surface area contributed by atoms with Gasteiger partial charge < -0.3 is 19.6 Å². The zero-order valence-corrected chi connectivity index (χ0v) is 19.2. The van der Waals surface area contributed by atoms with Gasteiger partial charge in [-0.05, 0) is 25.8 Å². The Morgan fingerprint density at radius 1 is 1.38 bits per heavy atom. The molecule has 13 heteroatoms. The minimum absolute atomic E-state index is 0.0368. The molecule has 2 aliphatic rings. The molecule has 2 aromatic heterocycles. The number of thiazole rings is 1. The van der Waals surface area contributed by atoms with Crippen molar-refractivity contribution in [1.82, 2.24) is 14.9 Å². The van der Waals surface area contributed by atoms with E-state index in [0.29, 0.717) is 44.0 Å². The Bertz CT molecular complexity index is 1060. The van der Waals surface area contributed by atoms with Crippen molar-refractivity contribution in [2.45, 2.75) is 44.1 Å². The summed E-state index contributed by atoms with van der Waals surface area (Å²) in [5.74, 6) is -0.513. The van der Waals surface area contributed by atoms with Crippen LogP contribution in [0.3, 0.4) is 0 Å². The summed E-state index contributed by atoms with van der Waals surface area (Å²) in [6, 6.07) is 0.883. The van der Waals surface area contributed by atoms with E-state index in [4.69, 9.17) is 9.84 Å². The van der Waals surface area contributed by atoms with E-state index < -0.39 is 35.4 Å². The highest BCUT2D eigenvalue weighted by molar-refractivity contribution is 7.13. The molecule has 2 fully saturated rings. The Morgan fingerprint density at radius 2 is 2.12 bits per heavy atom. The molecule has 2 aromatic rings. The van der Waals surface area contributed by atoms with Crippen molar-refractivity contribution in [3.05, 3.63) is 35.1 Å². The molecule has 2 aliphatic heterocycles. The fourth-order valence-corrected chi connectivity index (χ4v) is 5.13. The summed E-state index contributed by atoms with van der Waals surface area (Å²) in [6.07, 6.45) is -2.72. The Labute approximate surface area is 197 Å². The number of pyridine rings is 1. The van der Waals surface area contributed by atoms with Gasteiger partial charge in [-0.15, -0.1) is 11.3 Å². The van der Waals surface area contributed by atoms with Crippen molar-refractivity contribution in [2.24, 2.45) is 0 Å². The molecule has 0 bridgehead atoms. The van der Waals surface area contributed by atoms with Crippen LogP contribution in [0, 0.1) is 0 Å².